The number of aromatic amines is 1. The van der Waals surface area contributed by atoms with Crippen molar-refractivity contribution in [2.45, 2.75) is 6.54 Å². The molecule has 0 spiro atoms. The standard InChI is InChI=1S/C17H12ClFN2O2/c18-11-3-1-10(2-4-11)8-21-17(23)14-9-20-15-7-12(19)5-6-13(15)16(14)22/h1-7,9H,8H2,(H,20,22)(H,21,23). The molecule has 3 aromatic rings. The maximum Gasteiger partial charge on any atom is 0.257 e. The molecular formula is C17H12ClFN2O2. The SMILES string of the molecule is O=C(NCc1ccc(Cl)cc1)c1c[nH]c2cc(F)ccc2c1=O. The van der Waals surface area contributed by atoms with E-state index in [9.17, 15) is 14.0 Å². The molecular weight excluding hydrogens is 319 g/mol. The Balaban J connectivity index is 1.83. The number of carbonyl (C=O) groups excluding carboxylic acids is 1. The van der Waals surface area contributed by atoms with Crippen molar-refractivity contribution in [1.82, 2.24) is 10.3 Å². The zero-order valence-electron chi connectivity index (χ0n) is 11.9. The van der Waals surface area contributed by atoms with E-state index in [0.29, 0.717) is 10.5 Å². The van der Waals surface area contributed by atoms with Gasteiger partial charge in [0.25, 0.3) is 5.91 Å². The topological polar surface area (TPSA) is 62.0 Å². The molecule has 0 aliphatic carbocycles. The van der Waals surface area contributed by atoms with Gasteiger partial charge in [-0.25, -0.2) is 4.39 Å². The molecule has 0 atom stereocenters. The fourth-order valence-corrected chi connectivity index (χ4v) is 2.37. The number of pyridine rings is 1. The highest BCUT2D eigenvalue weighted by Crippen LogP contribution is 2.11. The lowest BCUT2D eigenvalue weighted by Gasteiger charge is -2.06. The molecule has 0 fully saturated rings. The Labute approximate surface area is 135 Å². The number of carbonyl (C=O) groups is 1. The summed E-state index contributed by atoms with van der Waals surface area (Å²) in [4.78, 5) is 27.3. The van der Waals surface area contributed by atoms with E-state index >= 15 is 0 Å². The summed E-state index contributed by atoms with van der Waals surface area (Å²) < 4.78 is 13.2. The Kier molecular flexibility index (Phi) is 4.12. The number of fused-ring (bicyclic) bond motifs is 1. The first-order valence-electron chi connectivity index (χ1n) is 6.88. The molecule has 0 bridgehead atoms. The largest absolute Gasteiger partial charge is 0.360 e. The number of benzene rings is 2. The zero-order chi connectivity index (χ0) is 16.4. The highest BCUT2D eigenvalue weighted by Gasteiger charge is 2.13. The van der Waals surface area contributed by atoms with Gasteiger partial charge in [0.1, 0.15) is 11.4 Å². The normalized spacial score (nSPS) is 10.7. The molecule has 0 saturated carbocycles. The van der Waals surface area contributed by atoms with Crippen LogP contribution in [0.3, 0.4) is 0 Å². The summed E-state index contributed by atoms with van der Waals surface area (Å²) in [5.41, 5.74) is 0.761. The first-order valence-corrected chi connectivity index (χ1v) is 7.26. The van der Waals surface area contributed by atoms with Crippen LogP contribution in [-0.4, -0.2) is 10.9 Å². The minimum Gasteiger partial charge on any atom is -0.360 e. The molecule has 3 rings (SSSR count). The second kappa shape index (κ2) is 6.22. The Morgan fingerprint density at radius 2 is 1.91 bits per heavy atom. The summed E-state index contributed by atoms with van der Waals surface area (Å²) in [6.07, 6.45) is 1.29. The third kappa shape index (κ3) is 3.24. The van der Waals surface area contributed by atoms with E-state index in [1.165, 1.54) is 24.4 Å². The van der Waals surface area contributed by atoms with E-state index in [2.05, 4.69) is 10.3 Å². The Morgan fingerprint density at radius 1 is 1.17 bits per heavy atom. The van der Waals surface area contributed by atoms with Crippen molar-refractivity contribution in [3.05, 3.63) is 80.9 Å². The van der Waals surface area contributed by atoms with E-state index in [1.54, 1.807) is 24.3 Å². The molecule has 23 heavy (non-hydrogen) atoms. The second-order valence-corrected chi connectivity index (χ2v) is 5.47. The van der Waals surface area contributed by atoms with Crippen LogP contribution < -0.4 is 10.7 Å². The second-order valence-electron chi connectivity index (χ2n) is 5.03. The summed E-state index contributed by atoms with van der Waals surface area (Å²) in [5.74, 6) is -0.944. The first kappa shape index (κ1) is 15.2. The average Bonchev–Trinajstić information content (AvgIpc) is 2.54. The van der Waals surface area contributed by atoms with Crippen molar-refractivity contribution >= 4 is 28.4 Å². The molecule has 0 radical (unpaired) electrons. The van der Waals surface area contributed by atoms with Gasteiger partial charge in [-0.3, -0.25) is 9.59 Å². The molecule has 0 saturated heterocycles. The molecule has 2 aromatic carbocycles. The summed E-state index contributed by atoms with van der Waals surface area (Å²) >= 11 is 5.80. The number of H-pyrrole nitrogens is 1. The lowest BCUT2D eigenvalue weighted by molar-refractivity contribution is 0.0949. The van der Waals surface area contributed by atoms with Gasteiger partial charge in [-0.2, -0.15) is 0 Å². The monoisotopic (exact) mass is 330 g/mol. The number of hydrogen-bond acceptors (Lipinski definition) is 2. The number of rotatable bonds is 3. The van der Waals surface area contributed by atoms with Crippen LogP contribution in [0.25, 0.3) is 10.9 Å². The Hall–Kier alpha value is -2.66. The van der Waals surface area contributed by atoms with Crippen LogP contribution in [0.1, 0.15) is 15.9 Å². The van der Waals surface area contributed by atoms with E-state index in [4.69, 9.17) is 11.6 Å². The number of halogens is 2. The Morgan fingerprint density at radius 3 is 2.65 bits per heavy atom. The molecule has 0 aliphatic heterocycles. The maximum absolute atomic E-state index is 13.2. The quantitative estimate of drug-likeness (QED) is 0.774. The number of hydrogen-bond donors (Lipinski definition) is 2. The fraction of sp³-hybridized carbons (Fsp3) is 0.0588. The average molecular weight is 331 g/mol. The van der Waals surface area contributed by atoms with E-state index < -0.39 is 17.2 Å². The lowest BCUT2D eigenvalue weighted by atomic mass is 10.1. The predicted octanol–water partition coefficient (Wildman–Crippen LogP) is 3.25. The molecule has 6 heteroatoms. The smallest absolute Gasteiger partial charge is 0.257 e. The van der Waals surface area contributed by atoms with Crippen LogP contribution in [0.2, 0.25) is 5.02 Å². The van der Waals surface area contributed by atoms with Crippen LogP contribution in [-0.2, 0) is 6.54 Å². The van der Waals surface area contributed by atoms with Crippen molar-refractivity contribution in [2.75, 3.05) is 0 Å². The summed E-state index contributed by atoms with van der Waals surface area (Å²) in [5, 5.41) is 3.55. The summed E-state index contributed by atoms with van der Waals surface area (Å²) in [6.45, 7) is 0.275. The van der Waals surface area contributed by atoms with Crippen LogP contribution >= 0.6 is 11.6 Å². The molecule has 116 valence electrons. The van der Waals surface area contributed by atoms with Crippen molar-refractivity contribution < 1.29 is 9.18 Å². The van der Waals surface area contributed by atoms with Gasteiger partial charge in [0.05, 0.1) is 5.52 Å². The van der Waals surface area contributed by atoms with Gasteiger partial charge in [0, 0.05) is 23.2 Å². The van der Waals surface area contributed by atoms with E-state index in [-0.39, 0.29) is 17.5 Å². The molecule has 0 aliphatic rings. The molecule has 1 amide bonds. The lowest BCUT2D eigenvalue weighted by Crippen LogP contribution is -2.28. The van der Waals surface area contributed by atoms with Gasteiger partial charge in [-0.15, -0.1) is 0 Å². The molecule has 2 N–H and O–H groups in total. The number of nitrogens with one attached hydrogen (secondary N) is 2. The third-order valence-corrected chi connectivity index (χ3v) is 3.71. The van der Waals surface area contributed by atoms with Crippen molar-refractivity contribution in [1.29, 1.82) is 0 Å². The third-order valence-electron chi connectivity index (χ3n) is 3.45. The van der Waals surface area contributed by atoms with Gasteiger partial charge in [-0.1, -0.05) is 23.7 Å². The van der Waals surface area contributed by atoms with Crippen LogP contribution in [0.15, 0.2) is 53.5 Å². The molecule has 1 aromatic heterocycles. The zero-order valence-corrected chi connectivity index (χ0v) is 12.7. The van der Waals surface area contributed by atoms with Crippen molar-refractivity contribution in [2.24, 2.45) is 0 Å². The van der Waals surface area contributed by atoms with Crippen LogP contribution in [0.5, 0.6) is 0 Å². The number of amides is 1. The molecule has 0 unspecified atom stereocenters. The van der Waals surface area contributed by atoms with Crippen LogP contribution in [0, 0.1) is 5.82 Å². The van der Waals surface area contributed by atoms with E-state index in [1.807, 2.05) is 0 Å². The fourth-order valence-electron chi connectivity index (χ4n) is 2.24. The van der Waals surface area contributed by atoms with Gasteiger partial charge in [0.15, 0.2) is 0 Å². The van der Waals surface area contributed by atoms with E-state index in [0.717, 1.165) is 5.56 Å². The summed E-state index contributed by atoms with van der Waals surface area (Å²) in [6, 6.07) is 10.8. The predicted molar refractivity (Wildman–Crippen MR) is 87.1 cm³/mol. The van der Waals surface area contributed by atoms with Gasteiger partial charge in [0.2, 0.25) is 5.43 Å². The van der Waals surface area contributed by atoms with Crippen molar-refractivity contribution in [3.63, 3.8) is 0 Å². The van der Waals surface area contributed by atoms with Gasteiger partial charge in [-0.05, 0) is 35.9 Å². The first-order chi connectivity index (χ1) is 11.0. The van der Waals surface area contributed by atoms with Gasteiger partial charge >= 0.3 is 0 Å². The van der Waals surface area contributed by atoms with Gasteiger partial charge < -0.3 is 10.3 Å². The van der Waals surface area contributed by atoms with Crippen molar-refractivity contribution in [3.8, 4) is 0 Å². The molecule has 4 nitrogen and oxygen atoms in total. The number of aromatic nitrogens is 1. The Bertz CT molecular complexity index is 935. The highest BCUT2D eigenvalue weighted by molar-refractivity contribution is 6.30. The summed E-state index contributed by atoms with van der Waals surface area (Å²) in [7, 11) is 0. The maximum atomic E-state index is 13.2. The van der Waals surface area contributed by atoms with Crippen LogP contribution in [0.4, 0.5) is 4.39 Å². The minimum absolute atomic E-state index is 0.0157. The minimum atomic E-state index is -0.493. The molecule has 1 heterocycles. The highest BCUT2D eigenvalue weighted by atomic mass is 35.5.